The highest BCUT2D eigenvalue weighted by Crippen LogP contribution is 2.20. The number of aromatic nitrogens is 1. The van der Waals surface area contributed by atoms with Crippen molar-refractivity contribution in [2.75, 3.05) is 6.61 Å². The van der Waals surface area contributed by atoms with E-state index in [-0.39, 0.29) is 0 Å². The van der Waals surface area contributed by atoms with E-state index in [1.165, 1.54) is 5.56 Å². The molecule has 0 bridgehead atoms. The van der Waals surface area contributed by atoms with Crippen LogP contribution in [0.15, 0.2) is 24.5 Å². The van der Waals surface area contributed by atoms with Crippen LogP contribution >= 0.6 is 0 Å². The maximum Gasteiger partial charge on any atom is 0.0587 e. The average Bonchev–Trinajstić information content (AvgIpc) is 2.40. The summed E-state index contributed by atoms with van der Waals surface area (Å²) < 4.78 is 5.69. The van der Waals surface area contributed by atoms with E-state index in [4.69, 9.17) is 4.74 Å². The molecule has 0 radical (unpaired) electrons. The predicted molar refractivity (Wildman–Crippen MR) is 68.8 cm³/mol. The van der Waals surface area contributed by atoms with Crippen LogP contribution in [0.4, 0.5) is 0 Å². The zero-order valence-corrected chi connectivity index (χ0v) is 10.7. The molecule has 3 atom stereocenters. The second-order valence-electron chi connectivity index (χ2n) is 4.79. The molecule has 2 heterocycles. The highest BCUT2D eigenvalue weighted by atomic mass is 16.5. The number of hydrogen-bond donors (Lipinski definition) is 1. The van der Waals surface area contributed by atoms with Gasteiger partial charge in [0.2, 0.25) is 0 Å². The standard InChI is InChI=1S/C14H22N2O/c1-3-14-10-13(6-9-17-14)16-11(2)12-4-7-15-8-5-12/h4-5,7-8,11,13-14,16H,3,6,9-10H2,1-2H3. The van der Waals surface area contributed by atoms with Crippen LogP contribution in [-0.4, -0.2) is 23.7 Å². The first kappa shape index (κ1) is 12.5. The number of ether oxygens (including phenoxy) is 1. The van der Waals surface area contributed by atoms with E-state index in [9.17, 15) is 0 Å². The molecule has 0 aliphatic carbocycles. The van der Waals surface area contributed by atoms with Crippen molar-refractivity contribution in [1.82, 2.24) is 10.3 Å². The Morgan fingerprint density at radius 1 is 1.47 bits per heavy atom. The van der Waals surface area contributed by atoms with E-state index < -0.39 is 0 Å². The van der Waals surface area contributed by atoms with Crippen molar-refractivity contribution in [2.45, 2.75) is 51.3 Å². The van der Waals surface area contributed by atoms with E-state index in [1.54, 1.807) is 0 Å². The van der Waals surface area contributed by atoms with Gasteiger partial charge in [0.15, 0.2) is 0 Å². The quantitative estimate of drug-likeness (QED) is 0.869. The smallest absolute Gasteiger partial charge is 0.0587 e. The maximum absolute atomic E-state index is 5.69. The van der Waals surface area contributed by atoms with Crippen molar-refractivity contribution in [3.63, 3.8) is 0 Å². The topological polar surface area (TPSA) is 34.2 Å². The molecule has 17 heavy (non-hydrogen) atoms. The molecule has 1 aromatic rings. The third-order valence-electron chi connectivity index (χ3n) is 3.51. The molecule has 3 nitrogen and oxygen atoms in total. The van der Waals surface area contributed by atoms with Gasteiger partial charge in [-0.15, -0.1) is 0 Å². The Morgan fingerprint density at radius 3 is 2.94 bits per heavy atom. The summed E-state index contributed by atoms with van der Waals surface area (Å²) in [5.74, 6) is 0. The molecule has 94 valence electrons. The summed E-state index contributed by atoms with van der Waals surface area (Å²) in [5, 5.41) is 3.69. The lowest BCUT2D eigenvalue weighted by atomic mass is 9.99. The Labute approximate surface area is 104 Å². The SMILES string of the molecule is CCC1CC(NC(C)c2ccncc2)CCO1. The number of nitrogens with one attached hydrogen (secondary N) is 1. The van der Waals surface area contributed by atoms with Crippen molar-refractivity contribution in [3.05, 3.63) is 30.1 Å². The number of rotatable bonds is 4. The summed E-state index contributed by atoms with van der Waals surface area (Å²) in [7, 11) is 0. The lowest BCUT2D eigenvalue weighted by Crippen LogP contribution is -2.39. The molecule has 0 spiro atoms. The van der Waals surface area contributed by atoms with Gasteiger partial charge in [0.05, 0.1) is 6.10 Å². The molecular formula is C14H22N2O. The monoisotopic (exact) mass is 234 g/mol. The summed E-state index contributed by atoms with van der Waals surface area (Å²) in [5.41, 5.74) is 1.31. The number of pyridine rings is 1. The van der Waals surface area contributed by atoms with Crippen molar-refractivity contribution >= 4 is 0 Å². The van der Waals surface area contributed by atoms with Gasteiger partial charge in [-0.1, -0.05) is 6.92 Å². The molecule has 0 saturated carbocycles. The molecule has 0 amide bonds. The summed E-state index contributed by atoms with van der Waals surface area (Å²) in [6, 6.07) is 5.12. The average molecular weight is 234 g/mol. The van der Waals surface area contributed by atoms with Crippen LogP contribution in [0.5, 0.6) is 0 Å². The van der Waals surface area contributed by atoms with E-state index in [2.05, 4.69) is 36.3 Å². The van der Waals surface area contributed by atoms with Gasteiger partial charge in [-0.2, -0.15) is 0 Å². The van der Waals surface area contributed by atoms with Gasteiger partial charge in [-0.05, 0) is 43.9 Å². The molecular weight excluding hydrogens is 212 g/mol. The maximum atomic E-state index is 5.69. The Morgan fingerprint density at radius 2 is 2.24 bits per heavy atom. The predicted octanol–water partition coefficient (Wildman–Crippen LogP) is 2.69. The summed E-state index contributed by atoms with van der Waals surface area (Å²) in [6.45, 7) is 5.30. The van der Waals surface area contributed by atoms with E-state index in [0.29, 0.717) is 18.2 Å². The molecule has 1 N–H and O–H groups in total. The molecule has 1 saturated heterocycles. The van der Waals surface area contributed by atoms with Crippen LogP contribution in [0, 0.1) is 0 Å². The van der Waals surface area contributed by atoms with Gasteiger partial charge in [0.1, 0.15) is 0 Å². The Kier molecular flexibility index (Phi) is 4.51. The van der Waals surface area contributed by atoms with Crippen molar-refractivity contribution < 1.29 is 4.74 Å². The van der Waals surface area contributed by atoms with Crippen LogP contribution in [-0.2, 0) is 4.74 Å². The highest BCUT2D eigenvalue weighted by Gasteiger charge is 2.22. The first-order valence-electron chi connectivity index (χ1n) is 6.57. The summed E-state index contributed by atoms with van der Waals surface area (Å²) >= 11 is 0. The first-order chi connectivity index (χ1) is 8.29. The van der Waals surface area contributed by atoms with Gasteiger partial charge in [-0.3, -0.25) is 4.98 Å². The zero-order valence-electron chi connectivity index (χ0n) is 10.7. The first-order valence-corrected chi connectivity index (χ1v) is 6.57. The molecule has 1 aliphatic heterocycles. The Balaban J connectivity index is 1.88. The highest BCUT2D eigenvalue weighted by molar-refractivity contribution is 5.14. The van der Waals surface area contributed by atoms with E-state index >= 15 is 0 Å². The van der Waals surface area contributed by atoms with Gasteiger partial charge in [0, 0.05) is 31.1 Å². The largest absolute Gasteiger partial charge is 0.378 e. The molecule has 1 fully saturated rings. The number of hydrogen-bond acceptors (Lipinski definition) is 3. The summed E-state index contributed by atoms with van der Waals surface area (Å²) in [6.07, 6.45) is 7.50. The van der Waals surface area contributed by atoms with Crippen molar-refractivity contribution in [3.8, 4) is 0 Å². The van der Waals surface area contributed by atoms with E-state index in [0.717, 1.165) is 25.9 Å². The second kappa shape index (κ2) is 6.12. The van der Waals surface area contributed by atoms with Crippen LogP contribution in [0.3, 0.4) is 0 Å². The third-order valence-corrected chi connectivity index (χ3v) is 3.51. The molecule has 3 heteroatoms. The lowest BCUT2D eigenvalue weighted by molar-refractivity contribution is -0.00165. The van der Waals surface area contributed by atoms with Gasteiger partial charge in [-0.25, -0.2) is 0 Å². The van der Waals surface area contributed by atoms with Crippen molar-refractivity contribution in [1.29, 1.82) is 0 Å². The molecule has 3 unspecified atom stereocenters. The Bertz CT molecular complexity index is 328. The zero-order chi connectivity index (χ0) is 12.1. The minimum Gasteiger partial charge on any atom is -0.378 e. The van der Waals surface area contributed by atoms with Crippen molar-refractivity contribution in [2.24, 2.45) is 0 Å². The van der Waals surface area contributed by atoms with Crippen LogP contribution in [0.1, 0.15) is 44.7 Å². The third kappa shape index (κ3) is 3.51. The fraction of sp³-hybridized carbons (Fsp3) is 0.643. The fourth-order valence-electron chi connectivity index (χ4n) is 2.42. The fourth-order valence-corrected chi connectivity index (χ4v) is 2.42. The minimum absolute atomic E-state index is 0.388. The van der Waals surface area contributed by atoms with Crippen LogP contribution in [0.25, 0.3) is 0 Å². The normalized spacial score (nSPS) is 26.7. The lowest BCUT2D eigenvalue weighted by Gasteiger charge is -2.31. The molecule has 1 aromatic heterocycles. The van der Waals surface area contributed by atoms with E-state index in [1.807, 2.05) is 12.4 Å². The minimum atomic E-state index is 0.388. The van der Waals surface area contributed by atoms with Gasteiger partial charge in [0.25, 0.3) is 0 Å². The number of nitrogens with zero attached hydrogens (tertiary/aromatic N) is 1. The second-order valence-corrected chi connectivity index (χ2v) is 4.79. The molecule has 0 aromatic carbocycles. The molecule has 2 rings (SSSR count). The summed E-state index contributed by atoms with van der Waals surface area (Å²) in [4.78, 5) is 4.05. The van der Waals surface area contributed by atoms with Gasteiger partial charge >= 0.3 is 0 Å². The van der Waals surface area contributed by atoms with Gasteiger partial charge < -0.3 is 10.1 Å². The Hall–Kier alpha value is -0.930. The molecule has 1 aliphatic rings. The van der Waals surface area contributed by atoms with Crippen LogP contribution < -0.4 is 5.32 Å². The van der Waals surface area contributed by atoms with Crippen LogP contribution in [0.2, 0.25) is 0 Å².